The third-order valence-electron chi connectivity index (χ3n) is 3.16. The van der Waals surface area contributed by atoms with Crippen LogP contribution < -0.4 is 0 Å². The van der Waals surface area contributed by atoms with E-state index in [4.69, 9.17) is 9.57 Å². The van der Waals surface area contributed by atoms with Crippen molar-refractivity contribution in [1.29, 1.82) is 0 Å². The van der Waals surface area contributed by atoms with Gasteiger partial charge in [-0.3, -0.25) is 0 Å². The Labute approximate surface area is 132 Å². The molecule has 0 aromatic heterocycles. The summed E-state index contributed by atoms with van der Waals surface area (Å²) in [7, 11) is 0. The van der Waals surface area contributed by atoms with E-state index in [0.29, 0.717) is 19.3 Å². The standard InChI is InChI=1S/C15H30INO2/c1-3-4-5-6-7-10-15(11-8-9-12-16)18-13-14-19-17-2/h15H,2-14H2,1H3. The average molecular weight is 383 g/mol. The van der Waals surface area contributed by atoms with Crippen LogP contribution in [-0.4, -0.2) is 30.5 Å². The number of nitrogens with zero attached hydrogens (tertiary/aromatic N) is 1. The van der Waals surface area contributed by atoms with Crippen molar-refractivity contribution in [1.82, 2.24) is 0 Å². The number of rotatable bonds is 15. The first-order valence-corrected chi connectivity index (χ1v) is 9.13. The lowest BCUT2D eigenvalue weighted by atomic mass is 10.0. The molecule has 1 atom stereocenters. The molecule has 0 aliphatic heterocycles. The van der Waals surface area contributed by atoms with E-state index < -0.39 is 0 Å². The fourth-order valence-corrected chi connectivity index (χ4v) is 2.61. The highest BCUT2D eigenvalue weighted by Gasteiger charge is 2.08. The topological polar surface area (TPSA) is 30.8 Å². The van der Waals surface area contributed by atoms with Crippen molar-refractivity contribution in [2.75, 3.05) is 17.6 Å². The highest BCUT2D eigenvalue weighted by atomic mass is 127. The normalized spacial score (nSPS) is 12.3. The zero-order valence-corrected chi connectivity index (χ0v) is 14.6. The number of unbranched alkanes of at least 4 members (excludes halogenated alkanes) is 5. The molecule has 1 unspecified atom stereocenters. The lowest BCUT2D eigenvalue weighted by Gasteiger charge is -2.17. The molecule has 0 aliphatic rings. The van der Waals surface area contributed by atoms with Crippen LogP contribution in [0.4, 0.5) is 0 Å². The van der Waals surface area contributed by atoms with Gasteiger partial charge >= 0.3 is 0 Å². The predicted molar refractivity (Wildman–Crippen MR) is 91.4 cm³/mol. The Morgan fingerprint density at radius 1 is 1.00 bits per heavy atom. The second-order valence-electron chi connectivity index (χ2n) is 4.84. The van der Waals surface area contributed by atoms with E-state index in [-0.39, 0.29) is 0 Å². The summed E-state index contributed by atoms with van der Waals surface area (Å²) < 4.78 is 7.12. The fraction of sp³-hybridized carbons (Fsp3) is 0.933. The molecular formula is C15H30INO2. The number of halogens is 1. The molecule has 0 aromatic carbocycles. The van der Waals surface area contributed by atoms with Gasteiger partial charge in [0, 0.05) is 6.72 Å². The molecule has 19 heavy (non-hydrogen) atoms. The van der Waals surface area contributed by atoms with E-state index in [1.54, 1.807) is 0 Å². The molecule has 0 rings (SSSR count). The summed E-state index contributed by atoms with van der Waals surface area (Å²) in [6.45, 7) is 6.68. The molecule has 0 saturated heterocycles. The Kier molecular flexibility index (Phi) is 16.4. The highest BCUT2D eigenvalue weighted by Crippen LogP contribution is 2.15. The molecule has 0 bridgehead atoms. The first-order chi connectivity index (χ1) is 9.35. The van der Waals surface area contributed by atoms with Crippen molar-refractivity contribution >= 4 is 29.3 Å². The van der Waals surface area contributed by atoms with Crippen LogP contribution >= 0.6 is 22.6 Å². The maximum Gasteiger partial charge on any atom is 0.140 e. The lowest BCUT2D eigenvalue weighted by Crippen LogP contribution is -2.16. The fourth-order valence-electron chi connectivity index (χ4n) is 2.07. The smallest absolute Gasteiger partial charge is 0.140 e. The van der Waals surface area contributed by atoms with Gasteiger partial charge in [-0.2, -0.15) is 0 Å². The van der Waals surface area contributed by atoms with Crippen LogP contribution in [0, 0.1) is 0 Å². The first-order valence-electron chi connectivity index (χ1n) is 7.60. The summed E-state index contributed by atoms with van der Waals surface area (Å²) in [6.07, 6.45) is 12.0. The Balaban J connectivity index is 3.66. The zero-order valence-electron chi connectivity index (χ0n) is 12.4. The summed E-state index contributed by atoms with van der Waals surface area (Å²) in [5.41, 5.74) is 0. The predicted octanol–water partition coefficient (Wildman–Crippen LogP) is 4.97. The van der Waals surface area contributed by atoms with E-state index >= 15 is 0 Å². The molecule has 114 valence electrons. The Bertz CT molecular complexity index is 191. The van der Waals surface area contributed by atoms with Crippen molar-refractivity contribution in [3.63, 3.8) is 0 Å². The minimum Gasteiger partial charge on any atom is -0.394 e. The largest absolute Gasteiger partial charge is 0.394 e. The van der Waals surface area contributed by atoms with Gasteiger partial charge < -0.3 is 9.57 Å². The van der Waals surface area contributed by atoms with Crippen molar-refractivity contribution in [2.24, 2.45) is 5.16 Å². The number of ether oxygens (including phenoxy) is 1. The van der Waals surface area contributed by atoms with Crippen molar-refractivity contribution in [2.45, 2.75) is 70.8 Å². The van der Waals surface area contributed by atoms with Gasteiger partial charge in [-0.1, -0.05) is 68.0 Å². The molecule has 0 N–H and O–H groups in total. The maximum atomic E-state index is 5.88. The minimum atomic E-state index is 0.401. The Hall–Kier alpha value is 0.160. The number of hydrogen-bond donors (Lipinski definition) is 0. The van der Waals surface area contributed by atoms with Crippen LogP contribution in [0.3, 0.4) is 0 Å². The Morgan fingerprint density at radius 2 is 1.68 bits per heavy atom. The molecule has 0 radical (unpaired) electrons. The van der Waals surface area contributed by atoms with Crippen molar-refractivity contribution in [3.05, 3.63) is 0 Å². The SMILES string of the molecule is C=NOCCOC(CCCCI)CCCCCCC. The summed E-state index contributed by atoms with van der Waals surface area (Å²) in [4.78, 5) is 4.85. The molecule has 3 nitrogen and oxygen atoms in total. The van der Waals surface area contributed by atoms with Gasteiger partial charge in [-0.25, -0.2) is 0 Å². The van der Waals surface area contributed by atoms with E-state index in [9.17, 15) is 0 Å². The minimum absolute atomic E-state index is 0.401. The molecular weight excluding hydrogens is 353 g/mol. The molecule has 0 aliphatic carbocycles. The molecule has 0 heterocycles. The van der Waals surface area contributed by atoms with Crippen molar-refractivity contribution in [3.8, 4) is 0 Å². The summed E-state index contributed by atoms with van der Waals surface area (Å²) in [5.74, 6) is 0. The molecule has 4 heteroatoms. The lowest BCUT2D eigenvalue weighted by molar-refractivity contribution is -0.00217. The number of hydrogen-bond acceptors (Lipinski definition) is 3. The van der Waals surface area contributed by atoms with Gasteiger partial charge in [0.25, 0.3) is 0 Å². The van der Waals surface area contributed by atoms with Gasteiger partial charge in [0.1, 0.15) is 6.61 Å². The van der Waals surface area contributed by atoms with Crippen LogP contribution in [0.15, 0.2) is 5.16 Å². The monoisotopic (exact) mass is 383 g/mol. The summed E-state index contributed by atoms with van der Waals surface area (Å²) in [5, 5.41) is 3.37. The van der Waals surface area contributed by atoms with Crippen LogP contribution in [0.1, 0.15) is 64.7 Å². The molecule has 0 saturated carbocycles. The van der Waals surface area contributed by atoms with Gasteiger partial charge in [-0.05, 0) is 23.7 Å². The van der Waals surface area contributed by atoms with E-state index in [1.165, 1.54) is 62.2 Å². The van der Waals surface area contributed by atoms with Gasteiger partial charge in [-0.15, -0.1) is 5.16 Å². The first kappa shape index (κ1) is 19.2. The van der Waals surface area contributed by atoms with Crippen LogP contribution in [0.25, 0.3) is 0 Å². The molecule has 0 fully saturated rings. The van der Waals surface area contributed by atoms with E-state index in [1.807, 2.05) is 0 Å². The third kappa shape index (κ3) is 14.4. The van der Waals surface area contributed by atoms with Crippen LogP contribution in [0.5, 0.6) is 0 Å². The maximum absolute atomic E-state index is 5.88. The van der Waals surface area contributed by atoms with Gasteiger partial charge in [0.05, 0.1) is 12.7 Å². The van der Waals surface area contributed by atoms with Gasteiger partial charge in [0.2, 0.25) is 0 Å². The zero-order chi connectivity index (χ0) is 14.2. The molecule has 0 amide bonds. The second-order valence-corrected chi connectivity index (χ2v) is 5.92. The quantitative estimate of drug-likeness (QED) is 0.131. The summed E-state index contributed by atoms with van der Waals surface area (Å²) in [6, 6.07) is 0. The van der Waals surface area contributed by atoms with Crippen molar-refractivity contribution < 1.29 is 9.57 Å². The van der Waals surface area contributed by atoms with Crippen LogP contribution in [-0.2, 0) is 9.57 Å². The average Bonchev–Trinajstić information content (AvgIpc) is 2.42. The summed E-state index contributed by atoms with van der Waals surface area (Å²) >= 11 is 2.44. The second kappa shape index (κ2) is 16.2. The highest BCUT2D eigenvalue weighted by molar-refractivity contribution is 14.1. The third-order valence-corrected chi connectivity index (χ3v) is 3.92. The number of alkyl halides is 1. The Morgan fingerprint density at radius 3 is 2.32 bits per heavy atom. The van der Waals surface area contributed by atoms with E-state index in [0.717, 1.165) is 0 Å². The van der Waals surface area contributed by atoms with Crippen LogP contribution in [0.2, 0.25) is 0 Å². The van der Waals surface area contributed by atoms with E-state index in [2.05, 4.69) is 41.4 Å². The van der Waals surface area contributed by atoms with Gasteiger partial charge in [0.15, 0.2) is 0 Å². The number of oxime groups is 1. The molecule has 0 aromatic rings. The molecule has 0 spiro atoms.